The second kappa shape index (κ2) is 6.81. The molecule has 0 aliphatic carbocycles. The molecule has 20 heavy (non-hydrogen) atoms. The van der Waals surface area contributed by atoms with E-state index in [9.17, 15) is 0 Å². The van der Waals surface area contributed by atoms with Crippen molar-refractivity contribution in [1.82, 2.24) is 10.3 Å². The van der Waals surface area contributed by atoms with Crippen LogP contribution in [0.3, 0.4) is 0 Å². The zero-order valence-corrected chi connectivity index (χ0v) is 13.8. The molecule has 3 nitrogen and oxygen atoms in total. The van der Waals surface area contributed by atoms with E-state index in [-0.39, 0.29) is 6.10 Å². The Kier molecular flexibility index (Phi) is 5.33. The molecule has 0 saturated carbocycles. The smallest absolute Gasteiger partial charge is 0.218 e. The molecule has 1 atom stereocenters. The first-order valence-electron chi connectivity index (χ1n) is 7.38. The number of rotatable bonds is 5. The third-order valence-electron chi connectivity index (χ3n) is 3.39. The molecular formula is C16H26N2OS. The summed E-state index contributed by atoms with van der Waals surface area (Å²) in [6, 6.07) is 4.65. The van der Waals surface area contributed by atoms with Crippen LogP contribution in [0, 0.1) is 5.41 Å². The van der Waals surface area contributed by atoms with Crippen molar-refractivity contribution < 1.29 is 4.74 Å². The number of aromatic nitrogens is 1. The van der Waals surface area contributed by atoms with Gasteiger partial charge in [-0.05, 0) is 37.5 Å². The van der Waals surface area contributed by atoms with E-state index in [1.165, 1.54) is 17.9 Å². The van der Waals surface area contributed by atoms with Crippen LogP contribution in [0.4, 0.5) is 0 Å². The Bertz CT molecular complexity index is 434. The van der Waals surface area contributed by atoms with E-state index in [2.05, 4.69) is 42.0 Å². The highest BCUT2D eigenvalue weighted by molar-refractivity contribution is 7.99. The van der Waals surface area contributed by atoms with Crippen LogP contribution in [0.15, 0.2) is 18.3 Å². The van der Waals surface area contributed by atoms with Gasteiger partial charge in [-0.15, -0.1) is 0 Å². The van der Waals surface area contributed by atoms with Gasteiger partial charge in [-0.1, -0.05) is 19.9 Å². The molecule has 0 aromatic carbocycles. The van der Waals surface area contributed by atoms with Crippen molar-refractivity contribution in [3.05, 3.63) is 23.9 Å². The van der Waals surface area contributed by atoms with E-state index >= 15 is 0 Å². The van der Waals surface area contributed by atoms with Crippen LogP contribution in [-0.4, -0.2) is 28.6 Å². The second-order valence-corrected chi connectivity index (χ2v) is 7.63. The van der Waals surface area contributed by atoms with Crippen molar-refractivity contribution in [2.24, 2.45) is 5.41 Å². The van der Waals surface area contributed by atoms with Crippen LogP contribution >= 0.6 is 11.8 Å². The summed E-state index contributed by atoms with van der Waals surface area (Å²) in [5.74, 6) is 3.22. The van der Waals surface area contributed by atoms with Gasteiger partial charge in [0.1, 0.15) is 0 Å². The number of hydrogen-bond donors (Lipinski definition) is 1. The molecule has 0 spiro atoms. The van der Waals surface area contributed by atoms with Crippen LogP contribution in [0.5, 0.6) is 5.88 Å². The Balaban J connectivity index is 1.93. The fourth-order valence-electron chi connectivity index (χ4n) is 2.54. The summed E-state index contributed by atoms with van der Waals surface area (Å²) < 4.78 is 5.77. The average molecular weight is 294 g/mol. The fourth-order valence-corrected chi connectivity index (χ4v) is 3.84. The maximum atomic E-state index is 5.77. The van der Waals surface area contributed by atoms with Gasteiger partial charge < -0.3 is 10.1 Å². The summed E-state index contributed by atoms with van der Waals surface area (Å²) in [5, 5.41) is 3.67. The minimum Gasteiger partial charge on any atom is -0.475 e. The van der Waals surface area contributed by atoms with Crippen molar-refractivity contribution in [1.29, 1.82) is 0 Å². The number of nitrogens with one attached hydrogen (secondary N) is 1. The third-order valence-corrected chi connectivity index (χ3v) is 5.01. The molecule has 4 heteroatoms. The van der Waals surface area contributed by atoms with Gasteiger partial charge in [-0.3, -0.25) is 0 Å². The zero-order chi connectivity index (χ0) is 14.6. The molecule has 1 aliphatic rings. The van der Waals surface area contributed by atoms with Crippen molar-refractivity contribution in [3.8, 4) is 5.88 Å². The van der Waals surface area contributed by atoms with Gasteiger partial charge in [0.15, 0.2) is 0 Å². The standard InChI is InChI=1S/C16H26N2OS/c1-12(2)19-15-13(6-5-7-17-15)9-18-14-8-16(3,4)11-20-10-14/h5-7,12,14,18H,8-11H2,1-4H3. The molecule has 2 rings (SSSR count). The molecule has 1 aromatic heterocycles. The number of ether oxygens (including phenoxy) is 1. The van der Waals surface area contributed by atoms with Gasteiger partial charge in [0, 0.05) is 30.1 Å². The van der Waals surface area contributed by atoms with E-state index in [1.807, 2.05) is 19.9 Å². The van der Waals surface area contributed by atoms with E-state index in [4.69, 9.17) is 4.74 Å². The van der Waals surface area contributed by atoms with Crippen molar-refractivity contribution in [2.45, 2.75) is 52.8 Å². The van der Waals surface area contributed by atoms with Crippen molar-refractivity contribution in [3.63, 3.8) is 0 Å². The summed E-state index contributed by atoms with van der Waals surface area (Å²) in [5.41, 5.74) is 1.59. The highest BCUT2D eigenvalue weighted by Gasteiger charge is 2.28. The number of nitrogens with zero attached hydrogens (tertiary/aromatic N) is 1. The van der Waals surface area contributed by atoms with E-state index in [1.54, 1.807) is 6.20 Å². The molecule has 112 valence electrons. The summed E-state index contributed by atoms with van der Waals surface area (Å²) in [6.45, 7) is 9.60. The predicted molar refractivity (Wildman–Crippen MR) is 86.4 cm³/mol. The monoisotopic (exact) mass is 294 g/mol. The third kappa shape index (κ3) is 4.67. The lowest BCUT2D eigenvalue weighted by molar-refractivity contribution is 0.229. The second-order valence-electron chi connectivity index (χ2n) is 6.60. The normalized spacial score (nSPS) is 21.9. The van der Waals surface area contributed by atoms with Crippen LogP contribution < -0.4 is 10.1 Å². The van der Waals surface area contributed by atoms with E-state index in [0.717, 1.165) is 18.0 Å². The van der Waals surface area contributed by atoms with Crippen molar-refractivity contribution in [2.75, 3.05) is 11.5 Å². The Labute approximate surface area is 126 Å². The summed E-state index contributed by atoms with van der Waals surface area (Å²) in [6.07, 6.45) is 3.19. The van der Waals surface area contributed by atoms with Crippen LogP contribution in [0.1, 0.15) is 39.7 Å². The molecule has 1 N–H and O–H groups in total. The SMILES string of the molecule is CC(C)Oc1ncccc1CNC1CSCC(C)(C)C1. The first-order valence-corrected chi connectivity index (χ1v) is 8.53. The lowest BCUT2D eigenvalue weighted by Crippen LogP contribution is -2.40. The first-order chi connectivity index (χ1) is 9.46. The highest BCUT2D eigenvalue weighted by atomic mass is 32.2. The minimum atomic E-state index is 0.160. The molecule has 0 radical (unpaired) electrons. The van der Waals surface area contributed by atoms with Crippen LogP contribution in [0.2, 0.25) is 0 Å². The van der Waals surface area contributed by atoms with Crippen molar-refractivity contribution >= 4 is 11.8 Å². The van der Waals surface area contributed by atoms with Gasteiger partial charge >= 0.3 is 0 Å². The Morgan fingerprint density at radius 2 is 2.30 bits per heavy atom. The zero-order valence-electron chi connectivity index (χ0n) is 13.0. The Hall–Kier alpha value is -0.740. The molecular weight excluding hydrogens is 268 g/mol. The first kappa shape index (κ1) is 15.6. The van der Waals surface area contributed by atoms with Gasteiger partial charge in [-0.2, -0.15) is 11.8 Å². The fraction of sp³-hybridized carbons (Fsp3) is 0.688. The maximum absolute atomic E-state index is 5.77. The largest absolute Gasteiger partial charge is 0.475 e. The van der Waals surface area contributed by atoms with Gasteiger partial charge in [0.2, 0.25) is 5.88 Å². The molecule has 1 aromatic rings. The number of pyridine rings is 1. The summed E-state index contributed by atoms with van der Waals surface area (Å²) in [7, 11) is 0. The molecule has 1 fully saturated rings. The lowest BCUT2D eigenvalue weighted by atomic mass is 9.88. The molecule has 0 amide bonds. The Morgan fingerprint density at radius 3 is 3.00 bits per heavy atom. The lowest BCUT2D eigenvalue weighted by Gasteiger charge is -2.35. The van der Waals surface area contributed by atoms with Gasteiger partial charge in [-0.25, -0.2) is 4.98 Å². The number of thioether (sulfide) groups is 1. The summed E-state index contributed by atoms with van der Waals surface area (Å²) in [4.78, 5) is 4.34. The van der Waals surface area contributed by atoms with E-state index in [0.29, 0.717) is 11.5 Å². The maximum Gasteiger partial charge on any atom is 0.218 e. The molecule has 1 unspecified atom stereocenters. The Morgan fingerprint density at radius 1 is 1.50 bits per heavy atom. The quantitative estimate of drug-likeness (QED) is 0.901. The van der Waals surface area contributed by atoms with E-state index < -0.39 is 0 Å². The molecule has 0 bridgehead atoms. The minimum absolute atomic E-state index is 0.160. The summed E-state index contributed by atoms with van der Waals surface area (Å²) >= 11 is 2.05. The van der Waals surface area contributed by atoms with Crippen LogP contribution in [0.25, 0.3) is 0 Å². The molecule has 1 saturated heterocycles. The average Bonchev–Trinajstić information content (AvgIpc) is 2.36. The molecule has 1 aliphatic heterocycles. The van der Waals surface area contributed by atoms with Crippen LogP contribution in [-0.2, 0) is 6.54 Å². The van der Waals surface area contributed by atoms with Gasteiger partial charge in [0.25, 0.3) is 0 Å². The topological polar surface area (TPSA) is 34.1 Å². The number of hydrogen-bond acceptors (Lipinski definition) is 4. The van der Waals surface area contributed by atoms with Gasteiger partial charge in [0.05, 0.1) is 6.10 Å². The highest BCUT2D eigenvalue weighted by Crippen LogP contribution is 2.33. The molecule has 2 heterocycles. The predicted octanol–water partition coefficient (Wildman–Crippen LogP) is 3.49.